The van der Waals surface area contributed by atoms with Crippen LogP contribution in [0, 0.1) is 0 Å². The molecular formula is C14H7ClN2OS2. The summed E-state index contributed by atoms with van der Waals surface area (Å²) in [5.74, 6) is 0.786. The molecule has 0 amide bonds. The van der Waals surface area contributed by atoms with Crippen LogP contribution in [-0.4, -0.2) is 15.1 Å². The Bertz CT molecular complexity index is 916. The maximum Gasteiger partial charge on any atom is 0.171 e. The van der Waals surface area contributed by atoms with Gasteiger partial charge < -0.3 is 5.11 Å². The first-order chi connectivity index (χ1) is 9.70. The molecule has 0 aliphatic carbocycles. The Balaban J connectivity index is 1.96. The molecule has 20 heavy (non-hydrogen) atoms. The Morgan fingerprint density at radius 2 is 1.95 bits per heavy atom. The number of nitrogens with zero attached hydrogens (tertiary/aromatic N) is 2. The van der Waals surface area contributed by atoms with E-state index in [2.05, 4.69) is 27.5 Å². The van der Waals surface area contributed by atoms with Crippen LogP contribution in [0.2, 0.25) is 5.15 Å². The third-order valence-electron chi connectivity index (χ3n) is 2.99. The molecule has 1 N–H and O–H groups in total. The summed E-state index contributed by atoms with van der Waals surface area (Å²) in [5, 5.41) is 12.6. The maximum absolute atomic E-state index is 9.50. The molecule has 0 atom stereocenters. The third kappa shape index (κ3) is 1.86. The molecule has 0 unspecified atom stereocenters. The standard InChI is InChI=1S/C14H7ClN2OS2/c15-13-8-5-7(18)1-2-9(8)16-14(17-13)12-6-11-10(20-12)3-4-19-11/h1-6,18H. The van der Waals surface area contributed by atoms with Gasteiger partial charge in [0.15, 0.2) is 5.82 Å². The lowest BCUT2D eigenvalue weighted by Crippen LogP contribution is -1.89. The van der Waals surface area contributed by atoms with Crippen molar-refractivity contribution in [2.24, 2.45) is 0 Å². The second-order valence-corrected chi connectivity index (χ2v) is 6.69. The van der Waals surface area contributed by atoms with Gasteiger partial charge >= 0.3 is 0 Å². The van der Waals surface area contributed by atoms with E-state index in [0.717, 1.165) is 10.4 Å². The van der Waals surface area contributed by atoms with Crippen LogP contribution in [0.4, 0.5) is 0 Å². The van der Waals surface area contributed by atoms with Gasteiger partial charge in [0.05, 0.1) is 10.4 Å². The van der Waals surface area contributed by atoms with Crippen molar-refractivity contribution in [2.75, 3.05) is 0 Å². The summed E-state index contributed by atoms with van der Waals surface area (Å²) in [6.45, 7) is 0. The lowest BCUT2D eigenvalue weighted by Gasteiger charge is -2.03. The molecular weight excluding hydrogens is 312 g/mol. The number of phenolic OH excluding ortho intramolecular Hbond substituents is 1. The van der Waals surface area contributed by atoms with E-state index in [1.54, 1.807) is 40.9 Å². The van der Waals surface area contributed by atoms with Gasteiger partial charge in [-0.05, 0) is 35.7 Å². The zero-order valence-electron chi connectivity index (χ0n) is 10.0. The molecule has 3 nitrogen and oxygen atoms in total. The summed E-state index contributed by atoms with van der Waals surface area (Å²) in [6, 6.07) is 9.10. The molecule has 3 heterocycles. The van der Waals surface area contributed by atoms with Crippen molar-refractivity contribution in [1.29, 1.82) is 0 Å². The predicted octanol–water partition coefficient (Wildman–Crippen LogP) is 4.93. The second kappa shape index (κ2) is 4.41. The molecule has 0 aliphatic heterocycles. The highest BCUT2D eigenvalue weighted by molar-refractivity contribution is 7.28. The van der Waals surface area contributed by atoms with E-state index in [1.807, 2.05) is 0 Å². The Morgan fingerprint density at radius 3 is 2.80 bits per heavy atom. The first-order valence-corrected chi connectivity index (χ1v) is 7.92. The van der Waals surface area contributed by atoms with Crippen molar-refractivity contribution in [3.8, 4) is 16.5 Å². The Morgan fingerprint density at radius 1 is 1.05 bits per heavy atom. The van der Waals surface area contributed by atoms with Gasteiger partial charge in [0.25, 0.3) is 0 Å². The third-order valence-corrected chi connectivity index (χ3v) is 5.37. The minimum Gasteiger partial charge on any atom is -0.508 e. The average molecular weight is 319 g/mol. The fraction of sp³-hybridized carbons (Fsp3) is 0. The molecule has 1 aromatic carbocycles. The number of fused-ring (bicyclic) bond motifs is 2. The average Bonchev–Trinajstić information content (AvgIpc) is 3.00. The fourth-order valence-electron chi connectivity index (χ4n) is 2.07. The number of halogens is 1. The van der Waals surface area contributed by atoms with Gasteiger partial charge in [0, 0.05) is 14.8 Å². The van der Waals surface area contributed by atoms with Crippen molar-refractivity contribution in [2.45, 2.75) is 0 Å². The van der Waals surface area contributed by atoms with E-state index in [9.17, 15) is 5.11 Å². The van der Waals surface area contributed by atoms with E-state index in [1.165, 1.54) is 9.40 Å². The molecule has 0 radical (unpaired) electrons. The van der Waals surface area contributed by atoms with E-state index < -0.39 is 0 Å². The summed E-state index contributed by atoms with van der Waals surface area (Å²) in [5.41, 5.74) is 0.731. The monoisotopic (exact) mass is 318 g/mol. The minimum absolute atomic E-state index is 0.160. The Hall–Kier alpha value is -1.69. The molecule has 4 aromatic rings. The number of benzene rings is 1. The summed E-state index contributed by atoms with van der Waals surface area (Å²) < 4.78 is 2.46. The van der Waals surface area contributed by atoms with Crippen molar-refractivity contribution < 1.29 is 5.11 Å². The molecule has 0 fully saturated rings. The van der Waals surface area contributed by atoms with Crippen molar-refractivity contribution >= 4 is 54.6 Å². The van der Waals surface area contributed by atoms with Crippen LogP contribution in [0.3, 0.4) is 0 Å². The van der Waals surface area contributed by atoms with Gasteiger partial charge in [-0.2, -0.15) is 0 Å². The zero-order chi connectivity index (χ0) is 13.7. The molecule has 98 valence electrons. The number of hydrogen-bond acceptors (Lipinski definition) is 5. The van der Waals surface area contributed by atoms with Gasteiger partial charge in [0.2, 0.25) is 0 Å². The number of aromatic hydroxyl groups is 1. The summed E-state index contributed by atoms with van der Waals surface area (Å²) in [7, 11) is 0. The first-order valence-electron chi connectivity index (χ1n) is 5.84. The van der Waals surface area contributed by atoms with E-state index in [4.69, 9.17) is 11.6 Å². The molecule has 6 heteroatoms. The molecule has 0 spiro atoms. The van der Waals surface area contributed by atoms with Gasteiger partial charge in [-0.1, -0.05) is 11.6 Å². The van der Waals surface area contributed by atoms with E-state index in [0.29, 0.717) is 16.4 Å². The van der Waals surface area contributed by atoms with E-state index >= 15 is 0 Å². The van der Waals surface area contributed by atoms with Crippen LogP contribution in [0.25, 0.3) is 31.0 Å². The number of aromatic nitrogens is 2. The number of phenols is 1. The van der Waals surface area contributed by atoms with Gasteiger partial charge in [0.1, 0.15) is 10.9 Å². The van der Waals surface area contributed by atoms with Crippen LogP contribution in [0.1, 0.15) is 0 Å². The molecule has 0 saturated heterocycles. The molecule has 3 aromatic heterocycles. The van der Waals surface area contributed by atoms with Crippen molar-refractivity contribution in [3.05, 3.63) is 40.9 Å². The number of rotatable bonds is 1. The quantitative estimate of drug-likeness (QED) is 0.506. The second-order valence-electron chi connectivity index (χ2n) is 4.30. The maximum atomic E-state index is 9.50. The highest BCUT2D eigenvalue weighted by Gasteiger charge is 2.11. The first kappa shape index (κ1) is 12.1. The SMILES string of the molecule is Oc1ccc2nc(-c3cc4sccc4s3)nc(Cl)c2c1. The van der Waals surface area contributed by atoms with Gasteiger partial charge in [-0.15, -0.1) is 22.7 Å². The minimum atomic E-state index is 0.160. The van der Waals surface area contributed by atoms with Crippen LogP contribution >= 0.6 is 34.3 Å². The van der Waals surface area contributed by atoms with Crippen LogP contribution in [0.15, 0.2) is 35.7 Å². The van der Waals surface area contributed by atoms with Crippen molar-refractivity contribution in [3.63, 3.8) is 0 Å². The molecule has 0 saturated carbocycles. The Labute approximate surface area is 127 Å². The van der Waals surface area contributed by atoms with Gasteiger partial charge in [-0.3, -0.25) is 0 Å². The highest BCUT2D eigenvalue weighted by atomic mass is 35.5. The normalized spacial score (nSPS) is 11.4. The Kier molecular flexibility index (Phi) is 2.66. The predicted molar refractivity (Wildman–Crippen MR) is 84.9 cm³/mol. The fourth-order valence-corrected chi connectivity index (χ4v) is 4.34. The largest absolute Gasteiger partial charge is 0.508 e. The molecule has 0 aliphatic rings. The highest BCUT2D eigenvalue weighted by Crippen LogP contribution is 2.36. The van der Waals surface area contributed by atoms with Crippen molar-refractivity contribution in [1.82, 2.24) is 9.97 Å². The summed E-state index contributed by atoms with van der Waals surface area (Å²) >= 11 is 9.56. The smallest absolute Gasteiger partial charge is 0.171 e. The molecule has 4 rings (SSSR count). The topological polar surface area (TPSA) is 46.0 Å². The molecule has 0 bridgehead atoms. The summed E-state index contributed by atoms with van der Waals surface area (Å²) in [4.78, 5) is 9.88. The van der Waals surface area contributed by atoms with Crippen LogP contribution in [0.5, 0.6) is 5.75 Å². The van der Waals surface area contributed by atoms with Crippen LogP contribution in [-0.2, 0) is 0 Å². The number of hydrogen-bond donors (Lipinski definition) is 1. The zero-order valence-corrected chi connectivity index (χ0v) is 12.4. The van der Waals surface area contributed by atoms with Gasteiger partial charge in [-0.25, -0.2) is 9.97 Å². The van der Waals surface area contributed by atoms with Crippen LogP contribution < -0.4 is 0 Å². The summed E-state index contributed by atoms with van der Waals surface area (Å²) in [6.07, 6.45) is 0. The lowest BCUT2D eigenvalue weighted by atomic mass is 10.2. The lowest BCUT2D eigenvalue weighted by molar-refractivity contribution is 0.476. The number of thiophene rings is 2. The van der Waals surface area contributed by atoms with E-state index in [-0.39, 0.29) is 5.75 Å².